The normalized spacial score (nSPS) is 19.4. The van der Waals surface area contributed by atoms with Crippen LogP contribution in [0.2, 0.25) is 0 Å². The highest BCUT2D eigenvalue weighted by atomic mass is 32.2. The number of fused-ring (bicyclic) bond motifs is 8. The van der Waals surface area contributed by atoms with E-state index in [4.69, 9.17) is 18.4 Å². The zero-order chi connectivity index (χ0) is 48.1. The van der Waals surface area contributed by atoms with Crippen molar-refractivity contribution in [1.29, 1.82) is 0 Å². The predicted octanol–water partition coefficient (Wildman–Crippen LogP) is 7.39. The minimum atomic E-state index is -4.41. The van der Waals surface area contributed by atoms with Crippen LogP contribution in [0.15, 0.2) is 91.0 Å². The summed E-state index contributed by atoms with van der Waals surface area (Å²) in [6.07, 6.45) is 2.88. The van der Waals surface area contributed by atoms with Crippen LogP contribution in [0, 0.1) is 12.8 Å². The smallest absolute Gasteiger partial charge is 0.272 e. The highest BCUT2D eigenvalue weighted by molar-refractivity contribution is 7.87. The van der Waals surface area contributed by atoms with Crippen LogP contribution >= 0.6 is 0 Å². The van der Waals surface area contributed by atoms with Crippen molar-refractivity contribution in [3.05, 3.63) is 141 Å². The molecule has 0 fully saturated rings. The summed E-state index contributed by atoms with van der Waals surface area (Å²) in [5.41, 5.74) is 7.48. The van der Waals surface area contributed by atoms with Crippen LogP contribution in [0.4, 0.5) is 17.1 Å². The van der Waals surface area contributed by atoms with Crippen LogP contribution in [-0.2, 0) is 68.1 Å². The zero-order valence-corrected chi connectivity index (χ0v) is 39.8. The fourth-order valence-corrected chi connectivity index (χ4v) is 12.4. The summed E-state index contributed by atoms with van der Waals surface area (Å²) in [6, 6.07) is 26.0. The number of benzene rings is 5. The summed E-state index contributed by atoms with van der Waals surface area (Å²) in [7, 11) is -5.89. The van der Waals surface area contributed by atoms with Crippen LogP contribution in [0.3, 0.4) is 0 Å². The monoisotopic (exact) mass is 963 g/mol. The Hall–Kier alpha value is -6.27. The predicted molar refractivity (Wildman–Crippen MR) is 256 cm³/mol. The SMILES string of the molecule is CCCCC(=O)Nc1cc(COc2cc3c(cc2C)C(=O)N2c4ccccc4C[C@H]2C(S(=O)(=O)OC)C3)cc(COc2cc3c(cc2OC)C(=O)N2c4ccccc4C[C@H]2C(CS(=O)(=O)O)C3)c1. The van der Waals surface area contributed by atoms with Crippen LogP contribution in [-0.4, -0.2) is 76.4 Å². The molecule has 0 aliphatic carbocycles. The second-order valence-corrected chi connectivity index (χ2v) is 21.4. The zero-order valence-electron chi connectivity index (χ0n) is 38.2. The fraction of sp³-hybridized carbons (Fsp3) is 0.353. The van der Waals surface area contributed by atoms with Gasteiger partial charge in [0, 0.05) is 46.6 Å². The Kier molecular flexibility index (Phi) is 12.9. The Labute approximate surface area is 396 Å². The number of para-hydroxylation sites is 2. The van der Waals surface area contributed by atoms with Gasteiger partial charge in [0.25, 0.3) is 32.1 Å². The molecule has 15 nitrogen and oxygen atoms in total. The molecule has 4 aliphatic heterocycles. The summed E-state index contributed by atoms with van der Waals surface area (Å²) in [4.78, 5) is 44.9. The molecule has 2 unspecified atom stereocenters. The quantitative estimate of drug-likeness (QED) is 0.0781. The second-order valence-electron chi connectivity index (χ2n) is 18.0. The summed E-state index contributed by atoms with van der Waals surface area (Å²) in [6.45, 7) is 3.85. The maximum absolute atomic E-state index is 14.3. The van der Waals surface area contributed by atoms with Gasteiger partial charge in [-0.1, -0.05) is 49.7 Å². The first-order valence-corrected chi connectivity index (χ1v) is 25.7. The lowest BCUT2D eigenvalue weighted by Crippen LogP contribution is -2.47. The van der Waals surface area contributed by atoms with E-state index in [1.54, 1.807) is 46.2 Å². The Balaban J connectivity index is 1.00. The molecule has 4 heterocycles. The number of amides is 3. The van der Waals surface area contributed by atoms with E-state index in [2.05, 4.69) is 5.32 Å². The van der Waals surface area contributed by atoms with Gasteiger partial charge in [-0.25, -0.2) is 0 Å². The largest absolute Gasteiger partial charge is 0.493 e. The summed E-state index contributed by atoms with van der Waals surface area (Å²) in [5.74, 6) is -0.897. The molecule has 9 rings (SSSR count). The van der Waals surface area contributed by atoms with Gasteiger partial charge in [-0.2, -0.15) is 16.8 Å². The van der Waals surface area contributed by atoms with Crippen molar-refractivity contribution < 1.29 is 54.2 Å². The molecule has 0 saturated heterocycles. The second kappa shape index (κ2) is 18.7. The van der Waals surface area contributed by atoms with Crippen molar-refractivity contribution in [1.82, 2.24) is 0 Å². The number of rotatable bonds is 15. The molecule has 0 radical (unpaired) electrons. The van der Waals surface area contributed by atoms with E-state index in [0.29, 0.717) is 93.2 Å². The van der Waals surface area contributed by atoms with E-state index >= 15 is 0 Å². The first-order chi connectivity index (χ1) is 32.5. The van der Waals surface area contributed by atoms with Gasteiger partial charge in [0.15, 0.2) is 11.5 Å². The van der Waals surface area contributed by atoms with Gasteiger partial charge in [0.05, 0.1) is 26.0 Å². The molecular weight excluding hydrogens is 911 g/mol. The van der Waals surface area contributed by atoms with Crippen molar-refractivity contribution in [2.24, 2.45) is 5.92 Å². The van der Waals surface area contributed by atoms with E-state index in [1.165, 1.54) is 7.11 Å². The summed E-state index contributed by atoms with van der Waals surface area (Å²) >= 11 is 0. The third-order valence-electron chi connectivity index (χ3n) is 13.5. The molecule has 2 N–H and O–H groups in total. The van der Waals surface area contributed by atoms with E-state index in [1.807, 2.05) is 68.4 Å². The van der Waals surface area contributed by atoms with Crippen LogP contribution in [0.5, 0.6) is 17.2 Å². The van der Waals surface area contributed by atoms with Crippen molar-refractivity contribution >= 4 is 55.0 Å². The highest BCUT2D eigenvalue weighted by Gasteiger charge is 2.48. The number of carbonyl (C=O) groups excluding carboxylic acids is 3. The fourth-order valence-electron chi connectivity index (χ4n) is 10.3. The average Bonchev–Trinajstić information content (AvgIpc) is 3.84. The lowest BCUT2D eigenvalue weighted by molar-refractivity contribution is -0.116. The molecule has 5 aromatic carbocycles. The van der Waals surface area contributed by atoms with Gasteiger partial charge in [0.2, 0.25) is 5.91 Å². The van der Waals surface area contributed by atoms with Gasteiger partial charge >= 0.3 is 0 Å². The number of hydrogen-bond acceptors (Lipinski definition) is 11. The van der Waals surface area contributed by atoms with E-state index in [9.17, 15) is 35.8 Å². The van der Waals surface area contributed by atoms with Gasteiger partial charge in [-0.3, -0.25) is 23.1 Å². The van der Waals surface area contributed by atoms with Crippen LogP contribution < -0.4 is 29.3 Å². The molecule has 4 atom stereocenters. The third-order valence-corrected chi connectivity index (χ3v) is 16.0. The van der Waals surface area contributed by atoms with Gasteiger partial charge < -0.3 is 29.3 Å². The topological polar surface area (TPSA) is 195 Å². The van der Waals surface area contributed by atoms with Crippen LogP contribution in [0.25, 0.3) is 0 Å². The van der Waals surface area contributed by atoms with Crippen molar-refractivity contribution in [3.63, 3.8) is 0 Å². The van der Waals surface area contributed by atoms with Crippen molar-refractivity contribution in [2.75, 3.05) is 35.1 Å². The standard InChI is InChI=1S/C51H53N3O12S2/c1-5-6-15-49(55)52-38-18-31(27-65-45-23-36-25-48(68(61,62)64-4)44-22-34-12-8-10-14-42(34)54(44)50(56)39(36)16-30(45)2)17-32(19-38)28-66-47-24-35-20-37(29-67(58,59)60)43-21-33-11-7-9-13-41(33)53(43)51(57)40(35)26-46(47)63-3/h7-14,16-19,23-24,26,37,43-44,48H,5-6,15,20-22,25,27-29H2,1-4H3,(H,52,55)(H,58,59,60)/t37?,43-,44-,48?/m0/s1. The Bertz CT molecular complexity index is 3070. The van der Waals surface area contributed by atoms with E-state index in [0.717, 1.165) is 24.7 Å². The van der Waals surface area contributed by atoms with Gasteiger partial charge in [0.1, 0.15) is 24.2 Å². The number of nitrogens with one attached hydrogen (secondary N) is 1. The minimum Gasteiger partial charge on any atom is -0.493 e. The number of unbranched alkanes of at least 4 members (excludes halogenated alkanes) is 1. The highest BCUT2D eigenvalue weighted by Crippen LogP contribution is 2.44. The molecular formula is C51H53N3O12S2. The molecule has 4 aliphatic rings. The first kappa shape index (κ1) is 46.8. The maximum atomic E-state index is 14.3. The molecule has 0 bridgehead atoms. The molecule has 68 heavy (non-hydrogen) atoms. The van der Waals surface area contributed by atoms with Gasteiger partial charge in [-0.05, 0) is 133 Å². The Morgan fingerprint density at radius 3 is 1.90 bits per heavy atom. The molecule has 17 heteroatoms. The summed E-state index contributed by atoms with van der Waals surface area (Å²) in [5, 5.41) is 1.96. The number of carbonyl (C=O) groups is 3. The van der Waals surface area contributed by atoms with Crippen LogP contribution in [0.1, 0.15) is 85.8 Å². The lowest BCUT2D eigenvalue weighted by Gasteiger charge is -2.28. The third kappa shape index (κ3) is 9.19. The van der Waals surface area contributed by atoms with E-state index in [-0.39, 0.29) is 49.5 Å². The minimum absolute atomic E-state index is 0.0124. The Morgan fingerprint density at radius 1 is 0.706 bits per heavy atom. The molecule has 356 valence electrons. The lowest BCUT2D eigenvalue weighted by atomic mass is 9.91. The number of methoxy groups -OCH3 is 1. The number of nitrogens with zero attached hydrogens (tertiary/aromatic N) is 2. The molecule has 5 aromatic rings. The Morgan fingerprint density at radius 2 is 1.28 bits per heavy atom. The van der Waals surface area contributed by atoms with E-state index < -0.39 is 49.2 Å². The maximum Gasteiger partial charge on any atom is 0.272 e. The first-order valence-electron chi connectivity index (χ1n) is 22.7. The average molecular weight is 964 g/mol. The number of anilines is 3. The van der Waals surface area contributed by atoms with Crippen molar-refractivity contribution in [3.8, 4) is 17.2 Å². The number of ether oxygens (including phenoxy) is 3. The number of hydrogen-bond donors (Lipinski definition) is 2. The van der Waals surface area contributed by atoms with Gasteiger partial charge in [-0.15, -0.1) is 0 Å². The number of aryl methyl sites for hydroxylation is 1. The summed E-state index contributed by atoms with van der Waals surface area (Å²) < 4.78 is 85.4. The molecule has 3 amide bonds. The molecule has 0 aromatic heterocycles. The molecule has 0 spiro atoms. The van der Waals surface area contributed by atoms with Crippen molar-refractivity contribution in [2.45, 2.75) is 89.3 Å². The molecule has 0 saturated carbocycles.